The van der Waals surface area contributed by atoms with Gasteiger partial charge >= 0.3 is 0 Å². The summed E-state index contributed by atoms with van der Waals surface area (Å²) in [5, 5.41) is 18.0. The lowest BCUT2D eigenvalue weighted by atomic mass is 10.0. The van der Waals surface area contributed by atoms with E-state index < -0.39 is 11.4 Å². The van der Waals surface area contributed by atoms with Crippen molar-refractivity contribution in [3.05, 3.63) is 69.8 Å². The Labute approximate surface area is 154 Å². The largest absolute Gasteiger partial charge is 0.324 e. The monoisotopic (exact) mass is 364 g/mol. The third-order valence-electron chi connectivity index (χ3n) is 3.91. The molecule has 0 fully saturated rings. The van der Waals surface area contributed by atoms with E-state index in [1.165, 1.54) is 22.1 Å². The number of aromatic nitrogens is 2. The summed E-state index contributed by atoms with van der Waals surface area (Å²) in [5.41, 5.74) is -0.0177. The second-order valence-electron chi connectivity index (χ2n) is 6.15. The molecular formula is C19H16N4O2S. The number of carbonyl (C=O) groups is 1. The molecule has 130 valence electrons. The van der Waals surface area contributed by atoms with Crippen molar-refractivity contribution < 1.29 is 4.79 Å². The van der Waals surface area contributed by atoms with E-state index in [0.717, 1.165) is 4.88 Å². The molecule has 2 heterocycles. The molecule has 0 aliphatic carbocycles. The molecule has 0 atom stereocenters. The number of hydrogen-bond acceptors (Lipinski definition) is 5. The molecule has 3 aromatic rings. The van der Waals surface area contributed by atoms with E-state index >= 15 is 0 Å². The van der Waals surface area contributed by atoms with Gasteiger partial charge in [0.25, 0.3) is 11.5 Å². The number of nitrogens with zero attached hydrogens (tertiary/aromatic N) is 3. The number of carbonyl (C=O) groups excluding carboxylic acids is 1. The lowest BCUT2D eigenvalue weighted by Gasteiger charge is -2.25. The molecule has 26 heavy (non-hydrogen) atoms. The average Bonchev–Trinajstić information content (AvgIpc) is 3.16. The van der Waals surface area contributed by atoms with Gasteiger partial charge in [-0.25, -0.2) is 4.68 Å². The Hall–Kier alpha value is -3.24. The van der Waals surface area contributed by atoms with Gasteiger partial charge in [-0.15, -0.1) is 11.3 Å². The third-order valence-corrected chi connectivity index (χ3v) is 4.80. The van der Waals surface area contributed by atoms with Crippen LogP contribution in [-0.4, -0.2) is 15.7 Å². The highest BCUT2D eigenvalue weighted by Gasteiger charge is 2.32. The van der Waals surface area contributed by atoms with Gasteiger partial charge in [0.05, 0.1) is 16.5 Å². The summed E-state index contributed by atoms with van der Waals surface area (Å²) in [6, 6.07) is 15.5. The number of anilines is 1. The number of amides is 1. The second kappa shape index (κ2) is 6.94. The summed E-state index contributed by atoms with van der Waals surface area (Å²) in [6.07, 6.45) is 0. The lowest BCUT2D eigenvalue weighted by Crippen LogP contribution is -2.47. The molecule has 0 unspecified atom stereocenters. The normalized spacial score (nSPS) is 11.0. The minimum absolute atomic E-state index is 0.365. The van der Waals surface area contributed by atoms with Crippen LogP contribution in [0.25, 0.3) is 10.6 Å². The quantitative estimate of drug-likeness (QED) is 0.770. The van der Waals surface area contributed by atoms with Crippen LogP contribution in [0.15, 0.2) is 58.7 Å². The van der Waals surface area contributed by atoms with Crippen molar-refractivity contribution in [3.63, 3.8) is 0 Å². The Morgan fingerprint density at radius 1 is 1.23 bits per heavy atom. The van der Waals surface area contributed by atoms with Crippen LogP contribution in [0, 0.1) is 11.3 Å². The van der Waals surface area contributed by atoms with Gasteiger partial charge in [-0.2, -0.15) is 10.4 Å². The molecule has 0 spiro atoms. The number of thiophene rings is 1. The Morgan fingerprint density at radius 3 is 2.73 bits per heavy atom. The van der Waals surface area contributed by atoms with Gasteiger partial charge in [0.2, 0.25) is 0 Å². The van der Waals surface area contributed by atoms with Crippen molar-refractivity contribution in [2.75, 3.05) is 5.32 Å². The summed E-state index contributed by atoms with van der Waals surface area (Å²) in [7, 11) is 0. The molecule has 0 aliphatic heterocycles. The van der Waals surface area contributed by atoms with Crippen molar-refractivity contribution in [1.82, 2.24) is 9.78 Å². The fourth-order valence-electron chi connectivity index (χ4n) is 2.41. The molecule has 0 bridgehead atoms. The molecule has 6 nitrogen and oxygen atoms in total. The molecule has 1 N–H and O–H groups in total. The molecule has 2 aromatic heterocycles. The number of nitriles is 1. The van der Waals surface area contributed by atoms with Gasteiger partial charge < -0.3 is 5.32 Å². The van der Waals surface area contributed by atoms with Gasteiger partial charge in [-0.1, -0.05) is 12.1 Å². The number of hydrogen-bond donors (Lipinski definition) is 1. The first-order valence-corrected chi connectivity index (χ1v) is 8.76. The molecule has 1 amide bonds. The Morgan fingerprint density at radius 2 is 2.04 bits per heavy atom. The van der Waals surface area contributed by atoms with Crippen LogP contribution in [-0.2, 0) is 10.3 Å². The zero-order valence-corrected chi connectivity index (χ0v) is 15.1. The summed E-state index contributed by atoms with van der Waals surface area (Å²) in [6.45, 7) is 3.26. The molecule has 0 saturated heterocycles. The van der Waals surface area contributed by atoms with Crippen LogP contribution in [0.3, 0.4) is 0 Å². The van der Waals surface area contributed by atoms with Crippen molar-refractivity contribution >= 4 is 22.9 Å². The van der Waals surface area contributed by atoms with Crippen molar-refractivity contribution in [1.29, 1.82) is 5.26 Å². The van der Waals surface area contributed by atoms with Gasteiger partial charge in [-0.3, -0.25) is 9.59 Å². The number of nitrogens with one attached hydrogen (secondary N) is 1. The van der Waals surface area contributed by atoms with E-state index in [1.807, 2.05) is 23.6 Å². The topological polar surface area (TPSA) is 87.8 Å². The maximum Gasteiger partial charge on any atom is 0.267 e. The highest BCUT2D eigenvalue weighted by Crippen LogP contribution is 2.23. The predicted octanol–water partition coefficient (Wildman–Crippen LogP) is 3.22. The molecule has 0 saturated carbocycles. The Balaban J connectivity index is 1.94. The maximum absolute atomic E-state index is 12.8. The van der Waals surface area contributed by atoms with Crippen molar-refractivity contribution in [2.45, 2.75) is 19.4 Å². The van der Waals surface area contributed by atoms with Crippen LogP contribution in [0.1, 0.15) is 19.4 Å². The zero-order chi connectivity index (χ0) is 18.7. The zero-order valence-electron chi connectivity index (χ0n) is 14.3. The summed E-state index contributed by atoms with van der Waals surface area (Å²) in [5.74, 6) is -0.398. The third kappa shape index (κ3) is 3.41. The van der Waals surface area contributed by atoms with Crippen molar-refractivity contribution in [2.24, 2.45) is 0 Å². The van der Waals surface area contributed by atoms with E-state index in [-0.39, 0.29) is 5.56 Å². The molecular weight excluding hydrogens is 348 g/mol. The highest BCUT2D eigenvalue weighted by molar-refractivity contribution is 7.13. The van der Waals surface area contributed by atoms with Crippen molar-refractivity contribution in [3.8, 4) is 16.6 Å². The number of rotatable bonds is 4. The summed E-state index contributed by atoms with van der Waals surface area (Å²) in [4.78, 5) is 26.0. The van der Waals surface area contributed by atoms with Crippen LogP contribution in [0.5, 0.6) is 0 Å². The predicted molar refractivity (Wildman–Crippen MR) is 101 cm³/mol. The van der Waals surface area contributed by atoms with E-state index in [9.17, 15) is 9.59 Å². The first-order chi connectivity index (χ1) is 12.4. The van der Waals surface area contributed by atoms with Crippen LogP contribution in [0.4, 0.5) is 5.69 Å². The highest BCUT2D eigenvalue weighted by atomic mass is 32.1. The Bertz CT molecular complexity index is 1050. The first-order valence-electron chi connectivity index (χ1n) is 7.88. The fraction of sp³-hybridized carbons (Fsp3) is 0.158. The van der Waals surface area contributed by atoms with Gasteiger partial charge in [0.15, 0.2) is 0 Å². The summed E-state index contributed by atoms with van der Waals surface area (Å²) < 4.78 is 1.19. The van der Waals surface area contributed by atoms with Gasteiger partial charge in [0, 0.05) is 11.8 Å². The van der Waals surface area contributed by atoms with Crippen LogP contribution < -0.4 is 10.9 Å². The van der Waals surface area contributed by atoms with Gasteiger partial charge in [-0.05, 0) is 49.6 Å². The SMILES string of the molecule is CC(C)(C(=O)Nc1cccc(C#N)c1)n1nc(-c2cccs2)ccc1=O. The molecule has 7 heteroatoms. The minimum atomic E-state index is -1.22. The molecule has 1 aromatic carbocycles. The average molecular weight is 364 g/mol. The van der Waals surface area contributed by atoms with E-state index in [1.54, 1.807) is 44.2 Å². The molecule has 0 radical (unpaired) electrons. The molecule has 0 aliphatic rings. The minimum Gasteiger partial charge on any atom is -0.324 e. The van der Waals surface area contributed by atoms with Crippen LogP contribution >= 0.6 is 11.3 Å². The van der Waals surface area contributed by atoms with E-state index in [2.05, 4.69) is 10.4 Å². The lowest BCUT2D eigenvalue weighted by molar-refractivity contribution is -0.123. The van der Waals surface area contributed by atoms with Gasteiger partial charge in [0.1, 0.15) is 11.2 Å². The van der Waals surface area contributed by atoms with Crippen LogP contribution in [0.2, 0.25) is 0 Å². The second-order valence-corrected chi connectivity index (χ2v) is 7.10. The standard InChI is InChI=1S/C19H16N4O2S/c1-19(2,18(25)21-14-6-3-5-13(11-14)12-20)23-17(24)9-8-15(22-23)16-7-4-10-26-16/h3-11H,1-2H3,(H,21,25). The van der Waals surface area contributed by atoms with E-state index in [0.29, 0.717) is 16.9 Å². The summed E-state index contributed by atoms with van der Waals surface area (Å²) >= 11 is 1.51. The number of benzene rings is 1. The smallest absolute Gasteiger partial charge is 0.267 e. The Kier molecular flexibility index (Phi) is 4.69. The fourth-order valence-corrected chi connectivity index (χ4v) is 3.10. The van der Waals surface area contributed by atoms with E-state index in [4.69, 9.17) is 5.26 Å². The molecule has 3 rings (SSSR count). The maximum atomic E-state index is 12.8. The first kappa shape index (κ1) is 17.6.